The first-order valence-electron chi connectivity index (χ1n) is 11.1. The minimum Gasteiger partial charge on any atom is -0.378 e. The number of imide groups is 1. The van der Waals surface area contributed by atoms with E-state index in [-0.39, 0.29) is 11.1 Å². The van der Waals surface area contributed by atoms with Gasteiger partial charge in [0, 0.05) is 34.6 Å². The van der Waals surface area contributed by atoms with Crippen LogP contribution in [0.4, 0.5) is 16.2 Å². The van der Waals surface area contributed by atoms with Crippen LogP contribution in [0, 0.1) is 13.8 Å². The van der Waals surface area contributed by atoms with Crippen molar-refractivity contribution in [2.75, 3.05) is 36.1 Å². The van der Waals surface area contributed by atoms with Crippen molar-refractivity contribution < 1.29 is 14.3 Å². The van der Waals surface area contributed by atoms with Gasteiger partial charge in [-0.05, 0) is 89.6 Å². The van der Waals surface area contributed by atoms with Crippen LogP contribution in [-0.4, -0.2) is 42.0 Å². The summed E-state index contributed by atoms with van der Waals surface area (Å²) in [5.74, 6) is -0.288. The third-order valence-corrected chi connectivity index (χ3v) is 7.61. The van der Waals surface area contributed by atoms with E-state index in [1.165, 1.54) is 4.90 Å². The summed E-state index contributed by atoms with van der Waals surface area (Å²) in [6, 6.07) is 17.5. The largest absolute Gasteiger partial charge is 0.378 e. The first-order valence-corrected chi connectivity index (χ1v) is 12.7. The number of aromatic nitrogens is 1. The number of amides is 2. The molecule has 3 heterocycles. The molecule has 174 valence electrons. The van der Waals surface area contributed by atoms with Crippen molar-refractivity contribution >= 4 is 56.3 Å². The number of para-hydroxylation sites is 1. The summed E-state index contributed by atoms with van der Waals surface area (Å²) in [5.41, 5.74) is 5.76. The lowest BCUT2D eigenvalue weighted by molar-refractivity contribution is -0.113. The van der Waals surface area contributed by atoms with E-state index in [2.05, 4.69) is 49.7 Å². The van der Waals surface area contributed by atoms with E-state index in [1.807, 2.05) is 38.1 Å². The van der Waals surface area contributed by atoms with Crippen LogP contribution in [0.2, 0.25) is 0 Å². The number of benzene rings is 2. The summed E-state index contributed by atoms with van der Waals surface area (Å²) in [6.45, 7) is 7.31. The van der Waals surface area contributed by atoms with Crippen LogP contribution in [0.3, 0.4) is 0 Å². The van der Waals surface area contributed by atoms with Crippen LogP contribution in [0.25, 0.3) is 11.8 Å². The summed E-state index contributed by atoms with van der Waals surface area (Å²) in [5, 5.41) is -0.279. The molecular formula is C26H24BrN3O3S. The second-order valence-corrected chi connectivity index (χ2v) is 10.1. The van der Waals surface area contributed by atoms with Crippen molar-refractivity contribution in [1.29, 1.82) is 0 Å². The van der Waals surface area contributed by atoms with Gasteiger partial charge in [0.05, 0.1) is 29.5 Å². The summed E-state index contributed by atoms with van der Waals surface area (Å²) in [7, 11) is 0. The van der Waals surface area contributed by atoms with E-state index in [0.717, 1.165) is 70.9 Å². The number of nitrogens with zero attached hydrogens (tertiary/aromatic N) is 3. The fraction of sp³-hybridized carbons (Fsp3) is 0.231. The Labute approximate surface area is 211 Å². The number of thioether (sulfide) groups is 1. The van der Waals surface area contributed by atoms with Crippen molar-refractivity contribution in [3.8, 4) is 5.69 Å². The van der Waals surface area contributed by atoms with Crippen molar-refractivity contribution in [2.45, 2.75) is 13.8 Å². The first kappa shape index (κ1) is 23.0. The molecule has 0 aliphatic carbocycles. The van der Waals surface area contributed by atoms with Gasteiger partial charge in [-0.25, -0.2) is 4.90 Å². The Hall–Kier alpha value is -2.81. The highest BCUT2D eigenvalue weighted by molar-refractivity contribution is 9.10. The fourth-order valence-electron chi connectivity index (χ4n) is 4.44. The van der Waals surface area contributed by atoms with Gasteiger partial charge in [0.1, 0.15) is 0 Å². The molecule has 2 aliphatic rings. The van der Waals surface area contributed by atoms with E-state index in [1.54, 1.807) is 12.1 Å². The Morgan fingerprint density at radius 3 is 2.41 bits per heavy atom. The van der Waals surface area contributed by atoms with E-state index < -0.39 is 0 Å². The zero-order chi connectivity index (χ0) is 23.8. The Balaban J connectivity index is 1.45. The Kier molecular flexibility index (Phi) is 6.38. The molecule has 34 heavy (non-hydrogen) atoms. The Morgan fingerprint density at radius 1 is 0.971 bits per heavy atom. The standard InChI is InChI=1S/C26H24BrN3O3S/c1-17-14-19(15-24-25(31)30(26(32)34-24)20-6-4-3-5-7-20)18(2)29(17)21-8-9-23(22(27)16-21)28-10-12-33-13-11-28/h3-9,14-16H,10-13H2,1-2H3/b24-15-. The fourth-order valence-corrected chi connectivity index (χ4v) is 5.89. The molecule has 2 saturated heterocycles. The van der Waals surface area contributed by atoms with Crippen LogP contribution in [0.15, 0.2) is 64.0 Å². The third-order valence-electron chi connectivity index (χ3n) is 6.11. The lowest BCUT2D eigenvalue weighted by atomic mass is 10.2. The number of aryl methyl sites for hydroxylation is 1. The quantitative estimate of drug-likeness (QED) is 0.386. The number of morpholine rings is 1. The van der Waals surface area contributed by atoms with Gasteiger partial charge in [0.25, 0.3) is 11.1 Å². The molecule has 0 unspecified atom stereocenters. The van der Waals surface area contributed by atoms with Gasteiger partial charge in [-0.1, -0.05) is 18.2 Å². The highest BCUT2D eigenvalue weighted by Crippen LogP contribution is 2.37. The highest BCUT2D eigenvalue weighted by Gasteiger charge is 2.36. The van der Waals surface area contributed by atoms with Crippen molar-refractivity contribution in [1.82, 2.24) is 4.57 Å². The Morgan fingerprint density at radius 2 is 1.71 bits per heavy atom. The van der Waals surface area contributed by atoms with Gasteiger partial charge in [-0.15, -0.1) is 0 Å². The molecular weight excluding hydrogens is 514 g/mol. The molecule has 3 aromatic rings. The zero-order valence-corrected chi connectivity index (χ0v) is 21.4. The molecule has 2 aliphatic heterocycles. The molecule has 0 spiro atoms. The SMILES string of the molecule is Cc1cc(/C=C2\SC(=O)N(c3ccccc3)C2=O)c(C)n1-c1ccc(N2CCOCC2)c(Br)c1. The molecule has 0 saturated carbocycles. The number of ether oxygens (including phenoxy) is 1. The molecule has 2 fully saturated rings. The molecule has 0 atom stereocenters. The third kappa shape index (κ3) is 4.21. The smallest absolute Gasteiger partial charge is 0.298 e. The summed E-state index contributed by atoms with van der Waals surface area (Å²) < 4.78 is 8.67. The average Bonchev–Trinajstić information content (AvgIpc) is 3.28. The minimum atomic E-state index is -0.288. The predicted molar refractivity (Wildman–Crippen MR) is 141 cm³/mol. The van der Waals surface area contributed by atoms with Gasteiger partial charge in [-0.3, -0.25) is 9.59 Å². The summed E-state index contributed by atoms with van der Waals surface area (Å²) in [4.78, 5) is 29.6. The van der Waals surface area contributed by atoms with Gasteiger partial charge < -0.3 is 14.2 Å². The second-order valence-electron chi connectivity index (χ2n) is 8.25. The summed E-state index contributed by atoms with van der Waals surface area (Å²) in [6.07, 6.45) is 1.82. The van der Waals surface area contributed by atoms with Crippen LogP contribution in [0.1, 0.15) is 17.0 Å². The Bertz CT molecular complexity index is 1300. The molecule has 1 aromatic heterocycles. The first-order chi connectivity index (χ1) is 16.4. The number of carbonyl (C=O) groups is 2. The maximum Gasteiger partial charge on any atom is 0.298 e. The average molecular weight is 538 g/mol. The number of carbonyl (C=O) groups excluding carboxylic acids is 2. The predicted octanol–water partition coefficient (Wildman–Crippen LogP) is 5.93. The zero-order valence-electron chi connectivity index (χ0n) is 19.0. The molecule has 0 radical (unpaired) electrons. The molecule has 8 heteroatoms. The topological polar surface area (TPSA) is 54.8 Å². The molecule has 5 rings (SSSR count). The maximum absolute atomic E-state index is 13.0. The number of anilines is 2. The lowest BCUT2D eigenvalue weighted by Crippen LogP contribution is -2.36. The van der Waals surface area contributed by atoms with Gasteiger partial charge >= 0.3 is 0 Å². The normalized spacial score (nSPS) is 17.8. The lowest BCUT2D eigenvalue weighted by Gasteiger charge is -2.30. The minimum absolute atomic E-state index is 0.279. The van der Waals surface area contributed by atoms with Crippen LogP contribution in [-0.2, 0) is 9.53 Å². The van der Waals surface area contributed by atoms with Crippen LogP contribution >= 0.6 is 27.7 Å². The van der Waals surface area contributed by atoms with E-state index in [9.17, 15) is 9.59 Å². The van der Waals surface area contributed by atoms with Crippen molar-refractivity contribution in [2.24, 2.45) is 0 Å². The summed E-state index contributed by atoms with van der Waals surface area (Å²) >= 11 is 4.73. The van der Waals surface area contributed by atoms with Gasteiger partial charge in [-0.2, -0.15) is 0 Å². The van der Waals surface area contributed by atoms with Crippen molar-refractivity contribution in [3.05, 3.63) is 80.9 Å². The van der Waals surface area contributed by atoms with Gasteiger partial charge in [0.2, 0.25) is 0 Å². The molecule has 0 bridgehead atoms. The maximum atomic E-state index is 13.0. The molecule has 2 amide bonds. The molecule has 0 N–H and O–H groups in total. The number of rotatable bonds is 4. The molecule has 2 aromatic carbocycles. The van der Waals surface area contributed by atoms with E-state index in [4.69, 9.17) is 4.74 Å². The number of hydrogen-bond donors (Lipinski definition) is 0. The number of hydrogen-bond acceptors (Lipinski definition) is 5. The second kappa shape index (κ2) is 9.44. The van der Waals surface area contributed by atoms with E-state index >= 15 is 0 Å². The van der Waals surface area contributed by atoms with Crippen LogP contribution < -0.4 is 9.80 Å². The van der Waals surface area contributed by atoms with E-state index in [0.29, 0.717) is 10.6 Å². The molecule has 6 nitrogen and oxygen atoms in total. The monoisotopic (exact) mass is 537 g/mol. The number of halogens is 1. The van der Waals surface area contributed by atoms with Gasteiger partial charge in [0.15, 0.2) is 0 Å². The van der Waals surface area contributed by atoms with Crippen molar-refractivity contribution in [3.63, 3.8) is 0 Å². The highest BCUT2D eigenvalue weighted by atomic mass is 79.9. The van der Waals surface area contributed by atoms with Crippen LogP contribution in [0.5, 0.6) is 0 Å².